The zero-order valence-electron chi connectivity index (χ0n) is 23.8. The van der Waals surface area contributed by atoms with Gasteiger partial charge in [-0.15, -0.1) is 18.3 Å². The number of hydrogen-bond donors (Lipinski definition) is 0. The minimum absolute atomic E-state index is 0.00211. The number of alkyl halides is 9. The van der Waals surface area contributed by atoms with E-state index in [-0.39, 0.29) is 41.5 Å². The third-order valence-electron chi connectivity index (χ3n) is 8.01. The maximum Gasteiger partial charge on any atom is 0.573 e. The Labute approximate surface area is 250 Å². The molecule has 0 radical (unpaired) electrons. The van der Waals surface area contributed by atoms with Crippen LogP contribution in [-0.4, -0.2) is 38.5 Å². The number of aromatic nitrogens is 4. The van der Waals surface area contributed by atoms with Gasteiger partial charge in [0.15, 0.2) is 0 Å². The first-order valence-electron chi connectivity index (χ1n) is 14.0. The second-order valence-corrected chi connectivity index (χ2v) is 11.0. The molecule has 0 saturated heterocycles. The summed E-state index contributed by atoms with van der Waals surface area (Å²) in [6.45, 7) is 1.18. The van der Waals surface area contributed by atoms with Gasteiger partial charge in [-0.05, 0) is 72.9 Å². The molecule has 1 saturated carbocycles. The molecule has 2 heterocycles. The average Bonchev–Trinajstić information content (AvgIpc) is 3.33. The molecular weight excluding hydrogens is 623 g/mol. The molecule has 1 aromatic heterocycles. The molecule has 17 heteroatoms. The number of carbonyl (C=O) groups is 1. The van der Waals surface area contributed by atoms with Crippen LogP contribution in [0.15, 0.2) is 36.4 Å². The van der Waals surface area contributed by atoms with Crippen LogP contribution in [0.25, 0.3) is 0 Å². The number of tetrazole rings is 1. The summed E-state index contributed by atoms with van der Waals surface area (Å²) in [5.41, 5.74) is -3.10. The minimum atomic E-state index is -5.11. The fourth-order valence-corrected chi connectivity index (χ4v) is 5.71. The lowest BCUT2D eigenvalue weighted by molar-refractivity contribution is -0.274. The third kappa shape index (κ3) is 6.96. The van der Waals surface area contributed by atoms with Crippen molar-refractivity contribution in [3.63, 3.8) is 0 Å². The molecule has 2 aliphatic rings. The second-order valence-electron chi connectivity index (χ2n) is 11.0. The highest BCUT2D eigenvalue weighted by molar-refractivity contribution is 5.97. The normalized spacial score (nSPS) is 19.2. The van der Waals surface area contributed by atoms with Crippen molar-refractivity contribution in [2.24, 2.45) is 13.0 Å². The van der Waals surface area contributed by atoms with E-state index in [2.05, 4.69) is 20.1 Å². The number of aryl methyl sites for hydroxylation is 1. The van der Waals surface area contributed by atoms with Crippen molar-refractivity contribution in [2.45, 2.75) is 76.4 Å². The first-order valence-corrected chi connectivity index (χ1v) is 14.0. The topological polar surface area (TPSA) is 76.4 Å². The number of amides is 1. The van der Waals surface area contributed by atoms with Gasteiger partial charge in [-0.25, -0.2) is 0 Å². The molecule has 2 unspecified atom stereocenters. The molecule has 244 valence electrons. The number of fused-ring (bicyclic) bond motifs is 1. The van der Waals surface area contributed by atoms with Gasteiger partial charge in [-0.3, -0.25) is 4.79 Å². The number of benzene rings is 2. The average molecular weight is 651 g/mol. The molecule has 1 aliphatic carbocycles. The van der Waals surface area contributed by atoms with Crippen molar-refractivity contribution in [1.82, 2.24) is 20.2 Å². The van der Waals surface area contributed by atoms with Crippen LogP contribution in [0.2, 0.25) is 0 Å². The number of carbonyl (C=O) groups excluding carboxylic acids is 1. The summed E-state index contributed by atoms with van der Waals surface area (Å²) < 4.78 is 126. The van der Waals surface area contributed by atoms with Gasteiger partial charge < -0.3 is 14.5 Å². The second kappa shape index (κ2) is 11.7. The maximum atomic E-state index is 13.7. The predicted molar refractivity (Wildman–Crippen MR) is 141 cm³/mol. The summed E-state index contributed by atoms with van der Waals surface area (Å²) in [5.74, 6) is -1.31. The van der Waals surface area contributed by atoms with Gasteiger partial charge in [0.1, 0.15) is 5.75 Å². The molecule has 0 bridgehead atoms. The Morgan fingerprint density at radius 2 is 1.62 bits per heavy atom. The number of nitrogens with zero attached hydrogens (tertiary/aromatic N) is 6. The van der Waals surface area contributed by atoms with Crippen molar-refractivity contribution < 1.29 is 49.0 Å². The summed E-state index contributed by atoms with van der Waals surface area (Å²) >= 11 is 0. The van der Waals surface area contributed by atoms with E-state index in [9.17, 15) is 44.3 Å². The number of halogens is 9. The predicted octanol–water partition coefficient (Wildman–Crippen LogP) is 7.21. The molecule has 2 aromatic carbocycles. The van der Waals surface area contributed by atoms with Gasteiger partial charge in [0.05, 0.1) is 24.2 Å². The van der Waals surface area contributed by atoms with E-state index in [4.69, 9.17) is 0 Å². The molecule has 2 atom stereocenters. The summed E-state index contributed by atoms with van der Waals surface area (Å²) in [6.07, 6.45) is -12.7. The molecule has 45 heavy (non-hydrogen) atoms. The van der Waals surface area contributed by atoms with Crippen molar-refractivity contribution in [3.8, 4) is 5.75 Å². The summed E-state index contributed by atoms with van der Waals surface area (Å²) in [7, 11) is 1.39. The Hall–Kier alpha value is -4.05. The standard InChI is InChI=1S/C28H27F9N6O2/c1-3-19-12-23(21-13-20(45-28(35,36)37)7-8-22(21)43(19)24(44)16-5-4-6-16)42(25-38-40-41(2)39-25)14-15-9-17(26(29,30)31)11-18(10-15)27(32,33)34/h7-11,13,16,19,23H,3-6,12,14H2,1-2H3. The fraction of sp³-hybridized carbons (Fsp3) is 0.500. The van der Waals surface area contributed by atoms with E-state index in [0.717, 1.165) is 23.4 Å². The van der Waals surface area contributed by atoms with E-state index in [0.29, 0.717) is 31.4 Å². The first-order chi connectivity index (χ1) is 20.9. The van der Waals surface area contributed by atoms with E-state index in [1.807, 2.05) is 0 Å². The van der Waals surface area contributed by atoms with Crippen molar-refractivity contribution in [1.29, 1.82) is 0 Å². The minimum Gasteiger partial charge on any atom is -0.406 e. The Balaban J connectivity index is 1.67. The molecule has 1 fully saturated rings. The van der Waals surface area contributed by atoms with Crippen molar-refractivity contribution in [3.05, 3.63) is 58.7 Å². The largest absolute Gasteiger partial charge is 0.573 e. The van der Waals surface area contributed by atoms with Crippen LogP contribution < -0.4 is 14.5 Å². The summed E-state index contributed by atoms with van der Waals surface area (Å²) in [5, 5.41) is 11.8. The molecule has 0 N–H and O–H groups in total. The SMILES string of the molecule is CCC1CC(N(Cc2cc(C(F)(F)F)cc(C(F)(F)F)c2)c2nnn(C)n2)c2cc(OC(F)(F)F)ccc2N1C(=O)C1CCC1. The first kappa shape index (κ1) is 32.3. The highest BCUT2D eigenvalue weighted by atomic mass is 19.4. The Bertz CT molecular complexity index is 1520. The highest BCUT2D eigenvalue weighted by Gasteiger charge is 2.43. The molecular formula is C28H27F9N6O2. The number of rotatable bonds is 7. The smallest absolute Gasteiger partial charge is 0.406 e. The molecule has 0 spiro atoms. The van der Waals surface area contributed by atoms with Gasteiger partial charge in [-0.2, -0.15) is 31.1 Å². The fourth-order valence-electron chi connectivity index (χ4n) is 5.71. The van der Waals surface area contributed by atoms with Crippen LogP contribution in [-0.2, 0) is 30.7 Å². The molecule has 1 amide bonds. The lowest BCUT2D eigenvalue weighted by Gasteiger charge is -2.46. The number of hydrogen-bond acceptors (Lipinski definition) is 6. The quantitative estimate of drug-likeness (QED) is 0.252. The number of ether oxygens (including phenoxy) is 1. The number of anilines is 2. The van der Waals surface area contributed by atoms with Gasteiger partial charge in [-0.1, -0.05) is 18.4 Å². The lowest BCUT2D eigenvalue weighted by atomic mass is 9.81. The highest BCUT2D eigenvalue weighted by Crippen LogP contribution is 2.47. The molecule has 1 aliphatic heterocycles. The van der Waals surface area contributed by atoms with Crippen molar-refractivity contribution in [2.75, 3.05) is 9.80 Å². The van der Waals surface area contributed by atoms with Crippen LogP contribution in [0.5, 0.6) is 5.75 Å². The molecule has 3 aromatic rings. The van der Waals surface area contributed by atoms with E-state index in [1.165, 1.54) is 22.9 Å². The van der Waals surface area contributed by atoms with Crippen LogP contribution >= 0.6 is 0 Å². The Morgan fingerprint density at radius 1 is 0.978 bits per heavy atom. The van der Waals surface area contributed by atoms with Gasteiger partial charge in [0.25, 0.3) is 5.95 Å². The monoisotopic (exact) mass is 650 g/mol. The van der Waals surface area contributed by atoms with E-state index in [1.54, 1.807) is 6.92 Å². The Morgan fingerprint density at radius 3 is 2.11 bits per heavy atom. The van der Waals surface area contributed by atoms with Crippen LogP contribution in [0, 0.1) is 5.92 Å². The lowest BCUT2D eigenvalue weighted by Crippen LogP contribution is -2.50. The molecule has 8 nitrogen and oxygen atoms in total. The van der Waals surface area contributed by atoms with E-state index < -0.39 is 59.8 Å². The zero-order valence-corrected chi connectivity index (χ0v) is 23.8. The summed E-state index contributed by atoms with van der Waals surface area (Å²) in [6, 6.07) is 3.02. The van der Waals surface area contributed by atoms with Gasteiger partial charge >= 0.3 is 18.7 Å². The van der Waals surface area contributed by atoms with Crippen molar-refractivity contribution >= 4 is 17.5 Å². The Kier molecular flexibility index (Phi) is 8.42. The third-order valence-corrected chi connectivity index (χ3v) is 8.01. The van der Waals surface area contributed by atoms with E-state index >= 15 is 0 Å². The summed E-state index contributed by atoms with van der Waals surface area (Å²) in [4.78, 5) is 17.4. The van der Waals surface area contributed by atoms with Crippen LogP contribution in [0.4, 0.5) is 51.1 Å². The molecule has 5 rings (SSSR count). The van der Waals surface area contributed by atoms with Gasteiger partial charge in [0.2, 0.25) is 5.91 Å². The van der Waals surface area contributed by atoms with Crippen LogP contribution in [0.3, 0.4) is 0 Å². The maximum absolute atomic E-state index is 13.7. The van der Waals surface area contributed by atoms with Crippen LogP contribution in [0.1, 0.15) is 67.3 Å². The zero-order chi connectivity index (χ0) is 32.9. The van der Waals surface area contributed by atoms with Gasteiger partial charge in [0, 0.05) is 29.8 Å².